The molecule has 2 aliphatic rings. The zero-order valence-corrected chi connectivity index (χ0v) is 16.5. The van der Waals surface area contributed by atoms with Crippen LogP contribution >= 0.6 is 0 Å². The summed E-state index contributed by atoms with van der Waals surface area (Å²) in [5.74, 6) is 0.779. The summed E-state index contributed by atoms with van der Waals surface area (Å²) in [7, 11) is 2.12. The summed E-state index contributed by atoms with van der Waals surface area (Å²) in [6.07, 6.45) is 2.42. The molecule has 0 atom stereocenters. The molecule has 3 heterocycles. The highest BCUT2D eigenvalue weighted by molar-refractivity contribution is 5.92. The Morgan fingerprint density at radius 2 is 1.93 bits per heavy atom. The Labute approximate surface area is 165 Å². The van der Waals surface area contributed by atoms with Crippen molar-refractivity contribution in [2.45, 2.75) is 6.42 Å². The molecule has 0 amide bonds. The number of fused-ring (bicyclic) bond motifs is 1. The molecule has 8 heteroatoms. The van der Waals surface area contributed by atoms with Gasteiger partial charge in [0.05, 0.1) is 42.7 Å². The molecule has 8 nitrogen and oxygen atoms in total. The van der Waals surface area contributed by atoms with Crippen LogP contribution in [0.2, 0.25) is 0 Å². The molecule has 2 aromatic rings. The normalized spacial score (nSPS) is 19.2. The second-order valence-electron chi connectivity index (χ2n) is 7.51. The van der Waals surface area contributed by atoms with Crippen molar-refractivity contribution in [3.05, 3.63) is 28.8 Å². The Balaban J connectivity index is 1.48. The number of rotatable bonds is 6. The van der Waals surface area contributed by atoms with Crippen LogP contribution < -0.4 is 15.2 Å². The second-order valence-corrected chi connectivity index (χ2v) is 7.51. The summed E-state index contributed by atoms with van der Waals surface area (Å²) in [6.45, 7) is 9.02. The molecule has 2 aliphatic heterocycles. The highest BCUT2D eigenvalue weighted by atomic mass is 16.5. The molecule has 1 aromatic carbocycles. The monoisotopic (exact) mass is 387 g/mol. The number of anilines is 1. The van der Waals surface area contributed by atoms with Gasteiger partial charge in [-0.25, -0.2) is 4.98 Å². The number of H-pyrrole nitrogens is 1. The average molecular weight is 387 g/mol. The summed E-state index contributed by atoms with van der Waals surface area (Å²) in [4.78, 5) is 26.5. The SMILES string of the molecule is CN1CCN(c2cc(OCCCN3CCOCC3)cc3nc[nH]c(=O)c23)CC1. The molecule has 2 saturated heterocycles. The number of aromatic nitrogens is 2. The van der Waals surface area contributed by atoms with Gasteiger partial charge in [0.25, 0.3) is 5.56 Å². The number of piperazine rings is 1. The minimum atomic E-state index is -0.0993. The first-order chi connectivity index (χ1) is 13.7. The lowest BCUT2D eigenvalue weighted by atomic mass is 10.1. The zero-order chi connectivity index (χ0) is 19.3. The number of likely N-dealkylation sites (N-methyl/N-ethyl adjacent to an activating group) is 1. The highest BCUT2D eigenvalue weighted by Crippen LogP contribution is 2.29. The van der Waals surface area contributed by atoms with Crippen LogP contribution in [-0.4, -0.2) is 92.4 Å². The Morgan fingerprint density at radius 1 is 1.14 bits per heavy atom. The van der Waals surface area contributed by atoms with Gasteiger partial charge in [-0.05, 0) is 13.5 Å². The van der Waals surface area contributed by atoms with Crippen LogP contribution in [0.5, 0.6) is 5.75 Å². The molecule has 0 saturated carbocycles. The van der Waals surface area contributed by atoms with E-state index in [1.807, 2.05) is 12.1 Å². The quantitative estimate of drug-likeness (QED) is 0.734. The lowest BCUT2D eigenvalue weighted by molar-refractivity contribution is 0.0358. The molecule has 2 fully saturated rings. The molecule has 0 unspecified atom stereocenters. The van der Waals surface area contributed by atoms with Crippen molar-refractivity contribution in [3.63, 3.8) is 0 Å². The maximum Gasteiger partial charge on any atom is 0.260 e. The van der Waals surface area contributed by atoms with Crippen molar-refractivity contribution in [2.75, 3.05) is 77.6 Å². The van der Waals surface area contributed by atoms with Crippen molar-refractivity contribution in [2.24, 2.45) is 0 Å². The first-order valence-electron chi connectivity index (χ1n) is 10.1. The van der Waals surface area contributed by atoms with Gasteiger partial charge in [0.15, 0.2) is 0 Å². The van der Waals surface area contributed by atoms with E-state index in [2.05, 4.69) is 31.7 Å². The number of aromatic amines is 1. The topological polar surface area (TPSA) is 73.9 Å². The summed E-state index contributed by atoms with van der Waals surface area (Å²) in [6, 6.07) is 3.87. The third kappa shape index (κ3) is 4.45. The summed E-state index contributed by atoms with van der Waals surface area (Å²) < 4.78 is 11.4. The van der Waals surface area contributed by atoms with Crippen molar-refractivity contribution in [1.29, 1.82) is 0 Å². The van der Waals surface area contributed by atoms with E-state index in [0.29, 0.717) is 17.5 Å². The molecule has 4 rings (SSSR count). The average Bonchev–Trinajstić information content (AvgIpc) is 2.72. The second kappa shape index (κ2) is 8.89. The predicted octanol–water partition coefficient (Wildman–Crippen LogP) is 0.776. The Hall–Kier alpha value is -2.16. The van der Waals surface area contributed by atoms with E-state index >= 15 is 0 Å². The maximum atomic E-state index is 12.5. The fourth-order valence-corrected chi connectivity index (χ4v) is 3.84. The number of hydrogen-bond acceptors (Lipinski definition) is 7. The van der Waals surface area contributed by atoms with E-state index < -0.39 is 0 Å². The third-order valence-electron chi connectivity index (χ3n) is 5.53. The first-order valence-corrected chi connectivity index (χ1v) is 10.1. The molecule has 1 aromatic heterocycles. The Morgan fingerprint density at radius 3 is 2.71 bits per heavy atom. The van der Waals surface area contributed by atoms with Gasteiger partial charge in [0, 0.05) is 57.9 Å². The largest absolute Gasteiger partial charge is 0.493 e. The third-order valence-corrected chi connectivity index (χ3v) is 5.53. The number of benzene rings is 1. The van der Waals surface area contributed by atoms with Crippen LogP contribution in [0.15, 0.2) is 23.3 Å². The smallest absolute Gasteiger partial charge is 0.260 e. The van der Waals surface area contributed by atoms with Gasteiger partial charge >= 0.3 is 0 Å². The van der Waals surface area contributed by atoms with Gasteiger partial charge in [-0.1, -0.05) is 0 Å². The van der Waals surface area contributed by atoms with Gasteiger partial charge < -0.3 is 24.3 Å². The lowest BCUT2D eigenvalue weighted by Gasteiger charge is -2.34. The molecule has 0 bridgehead atoms. The van der Waals surface area contributed by atoms with Crippen LogP contribution in [0.25, 0.3) is 10.9 Å². The first kappa shape index (κ1) is 19.2. The van der Waals surface area contributed by atoms with Crippen LogP contribution in [-0.2, 0) is 4.74 Å². The van der Waals surface area contributed by atoms with E-state index in [4.69, 9.17) is 9.47 Å². The molecule has 1 N–H and O–H groups in total. The van der Waals surface area contributed by atoms with Gasteiger partial charge in [0.1, 0.15) is 5.75 Å². The standard InChI is InChI=1S/C20H29N5O3/c1-23-4-6-25(7-5-23)18-14-16(13-17-19(18)20(26)22-15-21-17)28-10-2-3-24-8-11-27-12-9-24/h13-15H,2-12H2,1H3,(H,21,22,26). The Bertz CT molecular complexity index is 841. The van der Waals surface area contributed by atoms with E-state index in [9.17, 15) is 4.79 Å². The molecular weight excluding hydrogens is 358 g/mol. The maximum absolute atomic E-state index is 12.5. The predicted molar refractivity (Wildman–Crippen MR) is 109 cm³/mol. The number of nitrogens with one attached hydrogen (secondary N) is 1. The van der Waals surface area contributed by atoms with Gasteiger partial charge in [-0.15, -0.1) is 0 Å². The van der Waals surface area contributed by atoms with E-state index in [-0.39, 0.29) is 5.56 Å². The van der Waals surface area contributed by atoms with Gasteiger partial charge in [0.2, 0.25) is 0 Å². The summed E-state index contributed by atoms with van der Waals surface area (Å²) in [5, 5.41) is 0.646. The minimum Gasteiger partial charge on any atom is -0.493 e. The van der Waals surface area contributed by atoms with E-state index in [0.717, 1.165) is 76.9 Å². The fraction of sp³-hybridized carbons (Fsp3) is 0.600. The molecule has 0 spiro atoms. The van der Waals surface area contributed by atoms with Crippen molar-refractivity contribution in [1.82, 2.24) is 19.8 Å². The Kier molecular flexibility index (Phi) is 6.09. The van der Waals surface area contributed by atoms with Crippen LogP contribution in [0.3, 0.4) is 0 Å². The summed E-state index contributed by atoms with van der Waals surface area (Å²) >= 11 is 0. The molecular formula is C20H29N5O3. The number of morpholine rings is 1. The minimum absolute atomic E-state index is 0.0993. The van der Waals surface area contributed by atoms with Crippen molar-refractivity contribution < 1.29 is 9.47 Å². The zero-order valence-electron chi connectivity index (χ0n) is 16.5. The summed E-state index contributed by atoms with van der Waals surface area (Å²) in [5.41, 5.74) is 1.50. The number of hydrogen-bond donors (Lipinski definition) is 1. The van der Waals surface area contributed by atoms with E-state index in [1.54, 1.807) is 0 Å². The van der Waals surface area contributed by atoms with Crippen molar-refractivity contribution in [3.8, 4) is 5.75 Å². The molecule has 0 aliphatic carbocycles. The molecule has 0 radical (unpaired) electrons. The van der Waals surface area contributed by atoms with E-state index in [1.165, 1.54) is 6.33 Å². The van der Waals surface area contributed by atoms with Gasteiger partial charge in [-0.2, -0.15) is 0 Å². The van der Waals surface area contributed by atoms with Crippen LogP contribution in [0.1, 0.15) is 6.42 Å². The number of ether oxygens (including phenoxy) is 2. The van der Waals surface area contributed by atoms with Crippen LogP contribution in [0, 0.1) is 0 Å². The molecule has 28 heavy (non-hydrogen) atoms. The highest BCUT2D eigenvalue weighted by Gasteiger charge is 2.19. The van der Waals surface area contributed by atoms with Gasteiger partial charge in [-0.3, -0.25) is 9.69 Å². The fourth-order valence-electron chi connectivity index (χ4n) is 3.84. The molecule has 152 valence electrons. The van der Waals surface area contributed by atoms with Crippen molar-refractivity contribution >= 4 is 16.6 Å². The lowest BCUT2D eigenvalue weighted by Crippen LogP contribution is -2.44. The number of nitrogens with zero attached hydrogens (tertiary/aromatic N) is 4. The van der Waals surface area contributed by atoms with Crippen LogP contribution in [0.4, 0.5) is 5.69 Å².